The molecule has 36 heavy (non-hydrogen) atoms. The van der Waals surface area contributed by atoms with E-state index >= 15 is 0 Å². The molecule has 0 unspecified atom stereocenters. The van der Waals surface area contributed by atoms with Crippen molar-refractivity contribution in [2.24, 2.45) is 0 Å². The normalized spacial score (nSPS) is 10.6. The molecule has 0 saturated carbocycles. The van der Waals surface area contributed by atoms with Gasteiger partial charge >= 0.3 is 11.7 Å². The second kappa shape index (κ2) is 12.9. The van der Waals surface area contributed by atoms with Gasteiger partial charge in [-0.3, -0.25) is 24.5 Å². The van der Waals surface area contributed by atoms with Crippen LogP contribution in [0, 0.1) is 0 Å². The van der Waals surface area contributed by atoms with Gasteiger partial charge in [-0.2, -0.15) is 0 Å². The minimum absolute atomic E-state index is 0.0299. The van der Waals surface area contributed by atoms with Gasteiger partial charge in [0.1, 0.15) is 11.5 Å². The van der Waals surface area contributed by atoms with Crippen molar-refractivity contribution in [3.63, 3.8) is 0 Å². The molecule has 0 bridgehead atoms. The van der Waals surface area contributed by atoms with Gasteiger partial charge in [-0.25, -0.2) is 9.59 Å². The fourth-order valence-electron chi connectivity index (χ4n) is 3.61. The number of rotatable bonds is 11. The number of imide groups is 1. The monoisotopic (exact) mass is 494 g/mol. The highest BCUT2D eigenvalue weighted by molar-refractivity contribution is 5.94. The van der Waals surface area contributed by atoms with Crippen molar-refractivity contribution in [2.75, 3.05) is 30.9 Å². The molecule has 3 aromatic rings. The topological polar surface area (TPSA) is 152 Å². The molecule has 0 spiro atoms. The van der Waals surface area contributed by atoms with Gasteiger partial charge in [0.15, 0.2) is 0 Å². The van der Waals surface area contributed by atoms with Crippen molar-refractivity contribution < 1.29 is 14.3 Å². The number of urea groups is 1. The first kappa shape index (κ1) is 26.2. The molecular weight excluding hydrogens is 464 g/mol. The average molecular weight is 495 g/mol. The second-order valence-corrected chi connectivity index (χ2v) is 8.01. The Bertz CT molecular complexity index is 1270. The third-order valence-electron chi connectivity index (χ3n) is 5.42. The average Bonchev–Trinajstić information content (AvgIpc) is 2.87. The van der Waals surface area contributed by atoms with E-state index in [4.69, 9.17) is 10.5 Å². The number of hydrogen-bond acceptors (Lipinski definition) is 7. The number of nitrogens with two attached hydrogens (primary N) is 1. The summed E-state index contributed by atoms with van der Waals surface area (Å²) in [4.78, 5) is 53.6. The maximum absolute atomic E-state index is 12.8. The molecule has 0 saturated heterocycles. The minimum Gasteiger partial charge on any atom is -0.383 e. The number of anilines is 2. The quantitative estimate of drug-likeness (QED) is 0.312. The van der Waals surface area contributed by atoms with Gasteiger partial charge in [0, 0.05) is 33.2 Å². The summed E-state index contributed by atoms with van der Waals surface area (Å²) in [5, 5.41) is 4.93. The number of H-pyrrole nitrogens is 1. The number of aromatic amines is 1. The van der Waals surface area contributed by atoms with Crippen molar-refractivity contribution in [1.29, 1.82) is 0 Å². The van der Waals surface area contributed by atoms with Gasteiger partial charge in [0.05, 0.1) is 13.2 Å². The molecule has 3 amide bonds. The van der Waals surface area contributed by atoms with Gasteiger partial charge in [-0.1, -0.05) is 60.7 Å². The number of hydrogen-bond donors (Lipinski definition) is 4. The zero-order chi connectivity index (χ0) is 25.9. The smallest absolute Gasteiger partial charge is 0.330 e. The highest BCUT2D eigenvalue weighted by Gasteiger charge is 2.20. The lowest BCUT2D eigenvalue weighted by Gasteiger charge is -2.26. The van der Waals surface area contributed by atoms with E-state index in [1.807, 2.05) is 60.7 Å². The molecule has 190 valence electrons. The lowest BCUT2D eigenvalue weighted by Crippen LogP contribution is -2.42. The molecule has 0 aliphatic heterocycles. The van der Waals surface area contributed by atoms with E-state index < -0.39 is 23.2 Å². The Balaban J connectivity index is 1.74. The highest BCUT2D eigenvalue weighted by Crippen LogP contribution is 2.19. The standard InChI is InChI=1S/C25H30N6O5/c1-36-15-14-31-22(26)21(23(33)29-25(31)35)30(17-19-10-6-3-7-11-19)13-12-20(32)28-24(34)27-16-18-8-4-2-5-9-18/h2-11H,12-17,26H2,1H3,(H,29,33,35)(H2,27,28,32,34). The molecule has 11 heteroatoms. The number of nitrogen functional groups attached to an aromatic ring is 1. The van der Waals surface area contributed by atoms with Crippen LogP contribution in [0.3, 0.4) is 0 Å². The van der Waals surface area contributed by atoms with Crippen LogP contribution in [0.1, 0.15) is 17.5 Å². The summed E-state index contributed by atoms with van der Waals surface area (Å²) in [5.41, 5.74) is 6.76. The SMILES string of the molecule is COCCn1c(N)c(N(CCC(=O)NC(=O)NCc2ccccc2)Cc2ccccc2)c(=O)[nH]c1=O. The number of nitrogens with one attached hydrogen (secondary N) is 3. The van der Waals surface area contributed by atoms with E-state index in [1.165, 1.54) is 11.7 Å². The summed E-state index contributed by atoms with van der Waals surface area (Å²) in [6, 6.07) is 18.0. The lowest BCUT2D eigenvalue weighted by molar-refractivity contribution is -0.119. The Hall–Kier alpha value is -4.38. The number of nitrogens with zero attached hydrogens (tertiary/aromatic N) is 2. The van der Waals surface area contributed by atoms with Crippen molar-refractivity contribution in [3.8, 4) is 0 Å². The van der Waals surface area contributed by atoms with Crippen molar-refractivity contribution in [2.45, 2.75) is 26.1 Å². The fourth-order valence-corrected chi connectivity index (χ4v) is 3.61. The molecule has 2 aromatic carbocycles. The summed E-state index contributed by atoms with van der Waals surface area (Å²) in [7, 11) is 1.49. The zero-order valence-electron chi connectivity index (χ0n) is 20.0. The maximum atomic E-state index is 12.8. The molecular formula is C25H30N6O5. The maximum Gasteiger partial charge on any atom is 0.330 e. The summed E-state index contributed by atoms with van der Waals surface area (Å²) in [5.74, 6) is -0.556. The lowest BCUT2D eigenvalue weighted by atomic mass is 10.2. The van der Waals surface area contributed by atoms with Crippen LogP contribution in [0.5, 0.6) is 0 Å². The Labute approximate surface area is 207 Å². The molecule has 0 aliphatic carbocycles. The molecule has 3 rings (SSSR count). The molecule has 0 fully saturated rings. The van der Waals surface area contributed by atoms with Gasteiger partial charge in [-0.05, 0) is 11.1 Å². The highest BCUT2D eigenvalue weighted by atomic mass is 16.5. The van der Waals surface area contributed by atoms with Crippen molar-refractivity contribution >= 4 is 23.4 Å². The molecule has 5 N–H and O–H groups in total. The van der Waals surface area contributed by atoms with Gasteiger partial charge < -0.3 is 20.7 Å². The van der Waals surface area contributed by atoms with Crippen LogP contribution in [0.4, 0.5) is 16.3 Å². The molecule has 1 aromatic heterocycles. The predicted octanol–water partition coefficient (Wildman–Crippen LogP) is 1.19. The number of ether oxygens (including phenoxy) is 1. The molecule has 0 atom stereocenters. The first-order valence-electron chi connectivity index (χ1n) is 11.4. The van der Waals surface area contributed by atoms with Crippen LogP contribution in [-0.2, 0) is 29.2 Å². The zero-order valence-corrected chi connectivity index (χ0v) is 20.0. The molecule has 0 aliphatic rings. The van der Waals surface area contributed by atoms with Crippen LogP contribution in [0.25, 0.3) is 0 Å². The number of benzene rings is 2. The van der Waals surface area contributed by atoms with Crippen LogP contribution in [0.15, 0.2) is 70.3 Å². The fraction of sp³-hybridized carbons (Fsp3) is 0.280. The summed E-state index contributed by atoms with van der Waals surface area (Å²) in [6.07, 6.45) is -0.0956. The Kier molecular flexibility index (Phi) is 9.40. The summed E-state index contributed by atoms with van der Waals surface area (Å²) < 4.78 is 6.25. The molecule has 0 radical (unpaired) electrons. The van der Waals surface area contributed by atoms with E-state index in [1.54, 1.807) is 4.90 Å². The largest absolute Gasteiger partial charge is 0.383 e. The number of methoxy groups -OCH3 is 1. The van der Waals surface area contributed by atoms with Gasteiger partial charge in [-0.15, -0.1) is 0 Å². The number of carbonyl (C=O) groups is 2. The van der Waals surface area contributed by atoms with Crippen molar-refractivity contribution in [3.05, 3.63) is 92.6 Å². The third kappa shape index (κ3) is 7.31. The summed E-state index contributed by atoms with van der Waals surface area (Å²) >= 11 is 0. The van der Waals surface area contributed by atoms with Gasteiger partial charge in [0.25, 0.3) is 5.56 Å². The Morgan fingerprint density at radius 1 is 1.03 bits per heavy atom. The predicted molar refractivity (Wildman–Crippen MR) is 137 cm³/mol. The van der Waals surface area contributed by atoms with E-state index in [2.05, 4.69) is 15.6 Å². The van der Waals surface area contributed by atoms with Crippen LogP contribution < -0.4 is 32.5 Å². The van der Waals surface area contributed by atoms with Crippen LogP contribution in [-0.4, -0.2) is 41.8 Å². The number of amides is 3. The van der Waals surface area contributed by atoms with E-state index in [9.17, 15) is 19.2 Å². The molecule has 11 nitrogen and oxygen atoms in total. The van der Waals surface area contributed by atoms with Gasteiger partial charge in [0.2, 0.25) is 5.91 Å². The van der Waals surface area contributed by atoms with Crippen molar-refractivity contribution in [1.82, 2.24) is 20.2 Å². The first-order chi connectivity index (χ1) is 17.4. The number of carbonyl (C=O) groups excluding carboxylic acids is 2. The Morgan fingerprint density at radius 2 is 1.67 bits per heavy atom. The number of aromatic nitrogens is 2. The van der Waals surface area contributed by atoms with E-state index in [0.29, 0.717) is 0 Å². The minimum atomic E-state index is -0.664. The third-order valence-corrected chi connectivity index (χ3v) is 5.42. The second-order valence-electron chi connectivity index (χ2n) is 8.01. The molecule has 1 heterocycles. The Morgan fingerprint density at radius 3 is 2.31 bits per heavy atom. The first-order valence-corrected chi connectivity index (χ1v) is 11.4. The summed E-state index contributed by atoms with van der Waals surface area (Å²) in [6.45, 7) is 0.961. The van der Waals surface area contributed by atoms with E-state index in [0.717, 1.165) is 11.1 Å². The van der Waals surface area contributed by atoms with E-state index in [-0.39, 0.29) is 50.7 Å². The van der Waals surface area contributed by atoms with Crippen LogP contribution in [0.2, 0.25) is 0 Å². The van der Waals surface area contributed by atoms with Crippen LogP contribution >= 0.6 is 0 Å².